The number of benzene rings is 1. The average Bonchev–Trinajstić information content (AvgIpc) is 2.43. The van der Waals surface area contributed by atoms with Gasteiger partial charge in [-0.2, -0.15) is 0 Å². The Kier molecular flexibility index (Phi) is 4.98. The van der Waals surface area contributed by atoms with Gasteiger partial charge in [-0.05, 0) is 37.3 Å². The molecule has 0 spiro atoms. The van der Waals surface area contributed by atoms with E-state index >= 15 is 0 Å². The van der Waals surface area contributed by atoms with Crippen molar-refractivity contribution in [3.05, 3.63) is 51.6 Å². The summed E-state index contributed by atoms with van der Waals surface area (Å²) in [6.07, 6.45) is 1.53. The molecule has 0 fully saturated rings. The van der Waals surface area contributed by atoms with Crippen LogP contribution >= 0.6 is 27.5 Å². The molecule has 0 aliphatic heterocycles. The molecule has 2 rings (SSSR count). The Morgan fingerprint density at radius 3 is 2.75 bits per heavy atom. The van der Waals surface area contributed by atoms with Gasteiger partial charge in [-0.25, -0.2) is 4.98 Å². The molecule has 0 saturated carbocycles. The molecule has 0 unspecified atom stereocenters. The zero-order chi connectivity index (χ0) is 14.5. The smallest absolute Gasteiger partial charge is 0.257 e. The van der Waals surface area contributed by atoms with Crippen LogP contribution in [-0.2, 0) is 0 Å². The van der Waals surface area contributed by atoms with Gasteiger partial charge in [0.15, 0.2) is 0 Å². The largest absolute Gasteiger partial charge is 0.370 e. The van der Waals surface area contributed by atoms with E-state index in [9.17, 15) is 4.79 Å². The Balaban J connectivity index is 2.11. The highest BCUT2D eigenvalue weighted by Crippen LogP contribution is 2.26. The molecule has 0 aliphatic carbocycles. The van der Waals surface area contributed by atoms with Crippen molar-refractivity contribution in [3.8, 4) is 0 Å². The van der Waals surface area contributed by atoms with Crippen LogP contribution in [0.15, 0.2) is 41.0 Å². The molecule has 1 heterocycles. The second-order valence-corrected chi connectivity index (χ2v) is 5.36. The zero-order valence-corrected chi connectivity index (χ0v) is 13.1. The minimum Gasteiger partial charge on any atom is -0.370 e. The van der Waals surface area contributed by atoms with E-state index in [2.05, 4.69) is 31.5 Å². The lowest BCUT2D eigenvalue weighted by Gasteiger charge is -2.08. The van der Waals surface area contributed by atoms with Crippen molar-refractivity contribution in [1.29, 1.82) is 0 Å². The lowest BCUT2D eigenvalue weighted by atomic mass is 10.2. The maximum absolute atomic E-state index is 12.1. The Morgan fingerprint density at radius 2 is 2.15 bits per heavy atom. The van der Waals surface area contributed by atoms with Crippen LogP contribution in [0.5, 0.6) is 0 Å². The number of pyridine rings is 1. The highest BCUT2D eigenvalue weighted by Gasteiger charge is 2.09. The zero-order valence-electron chi connectivity index (χ0n) is 10.8. The first-order valence-corrected chi connectivity index (χ1v) is 7.23. The quantitative estimate of drug-likeness (QED) is 0.866. The summed E-state index contributed by atoms with van der Waals surface area (Å²) in [5.41, 5.74) is 1.04. The molecule has 104 valence electrons. The average molecular weight is 355 g/mol. The van der Waals surface area contributed by atoms with Crippen LogP contribution in [0.25, 0.3) is 0 Å². The molecule has 0 aliphatic rings. The third kappa shape index (κ3) is 3.71. The second kappa shape index (κ2) is 6.72. The number of halogens is 2. The summed E-state index contributed by atoms with van der Waals surface area (Å²) in [5, 5.41) is 6.30. The number of carbonyl (C=O) groups is 1. The summed E-state index contributed by atoms with van der Waals surface area (Å²) in [5.74, 6) is 0.496. The van der Waals surface area contributed by atoms with Gasteiger partial charge >= 0.3 is 0 Å². The molecule has 0 saturated heterocycles. The number of carbonyl (C=O) groups excluding carboxylic acids is 1. The molecular weight excluding hydrogens is 342 g/mol. The first-order valence-electron chi connectivity index (χ1n) is 6.06. The van der Waals surface area contributed by atoms with Gasteiger partial charge in [-0.15, -0.1) is 0 Å². The third-order valence-electron chi connectivity index (χ3n) is 2.56. The van der Waals surface area contributed by atoms with Gasteiger partial charge in [-0.3, -0.25) is 4.79 Å². The highest BCUT2D eigenvalue weighted by molar-refractivity contribution is 9.10. The van der Waals surface area contributed by atoms with Crippen LogP contribution in [0.3, 0.4) is 0 Å². The Hall–Kier alpha value is -1.59. The van der Waals surface area contributed by atoms with Crippen molar-refractivity contribution in [3.63, 3.8) is 0 Å². The van der Waals surface area contributed by atoms with Gasteiger partial charge in [0.2, 0.25) is 0 Å². The summed E-state index contributed by atoms with van der Waals surface area (Å²) in [6.45, 7) is 2.77. The lowest BCUT2D eigenvalue weighted by Crippen LogP contribution is -2.12. The Labute approximate surface area is 130 Å². The van der Waals surface area contributed by atoms with Gasteiger partial charge in [0.05, 0.1) is 16.3 Å². The fourth-order valence-corrected chi connectivity index (χ4v) is 2.32. The van der Waals surface area contributed by atoms with E-state index in [1.165, 1.54) is 6.20 Å². The van der Waals surface area contributed by atoms with E-state index in [-0.39, 0.29) is 5.91 Å². The fourth-order valence-electron chi connectivity index (χ4n) is 1.60. The fraction of sp³-hybridized carbons (Fsp3) is 0.143. The molecule has 0 atom stereocenters. The van der Waals surface area contributed by atoms with E-state index in [1.807, 2.05) is 13.0 Å². The Morgan fingerprint density at radius 1 is 1.35 bits per heavy atom. The summed E-state index contributed by atoms with van der Waals surface area (Å²) < 4.78 is 0.858. The number of amides is 1. The summed E-state index contributed by atoms with van der Waals surface area (Å²) in [6, 6.07) is 8.76. The molecule has 1 amide bonds. The number of aromatic nitrogens is 1. The van der Waals surface area contributed by atoms with Crippen LogP contribution in [-0.4, -0.2) is 17.4 Å². The molecule has 20 heavy (non-hydrogen) atoms. The molecule has 4 nitrogen and oxygen atoms in total. The van der Waals surface area contributed by atoms with Crippen molar-refractivity contribution in [2.24, 2.45) is 0 Å². The SMILES string of the molecule is CCNc1ccc(C(=O)Nc2ccc(Br)cc2Cl)cn1. The van der Waals surface area contributed by atoms with Crippen molar-refractivity contribution in [1.82, 2.24) is 4.98 Å². The lowest BCUT2D eigenvalue weighted by molar-refractivity contribution is 0.102. The molecule has 1 aromatic carbocycles. The van der Waals surface area contributed by atoms with Crippen molar-refractivity contribution in [2.75, 3.05) is 17.2 Å². The van der Waals surface area contributed by atoms with Crippen LogP contribution in [0.4, 0.5) is 11.5 Å². The van der Waals surface area contributed by atoms with E-state index in [0.29, 0.717) is 16.3 Å². The maximum atomic E-state index is 12.1. The highest BCUT2D eigenvalue weighted by atomic mass is 79.9. The normalized spacial score (nSPS) is 10.2. The summed E-state index contributed by atoms with van der Waals surface area (Å²) in [4.78, 5) is 16.2. The Bertz CT molecular complexity index is 616. The van der Waals surface area contributed by atoms with Crippen molar-refractivity contribution < 1.29 is 4.79 Å². The first-order chi connectivity index (χ1) is 9.60. The second-order valence-electron chi connectivity index (χ2n) is 4.04. The molecule has 0 bridgehead atoms. The number of nitrogens with one attached hydrogen (secondary N) is 2. The molecule has 2 aromatic rings. The topological polar surface area (TPSA) is 54.0 Å². The minimum atomic E-state index is -0.246. The van der Waals surface area contributed by atoms with Crippen LogP contribution in [0.1, 0.15) is 17.3 Å². The predicted octanol–water partition coefficient (Wildman–Crippen LogP) is 4.18. The number of hydrogen-bond donors (Lipinski definition) is 2. The molecule has 6 heteroatoms. The van der Waals surface area contributed by atoms with Crippen molar-refractivity contribution >= 4 is 44.9 Å². The van der Waals surface area contributed by atoms with Gasteiger partial charge < -0.3 is 10.6 Å². The first kappa shape index (κ1) is 14.8. The monoisotopic (exact) mass is 353 g/mol. The van der Waals surface area contributed by atoms with Gasteiger partial charge in [0.25, 0.3) is 5.91 Å². The maximum Gasteiger partial charge on any atom is 0.257 e. The number of rotatable bonds is 4. The molecule has 1 aromatic heterocycles. The minimum absolute atomic E-state index is 0.246. The summed E-state index contributed by atoms with van der Waals surface area (Å²) in [7, 11) is 0. The molecule has 0 radical (unpaired) electrons. The van der Waals surface area contributed by atoms with Gasteiger partial charge in [-0.1, -0.05) is 27.5 Å². The van der Waals surface area contributed by atoms with Gasteiger partial charge in [0, 0.05) is 17.2 Å². The van der Waals surface area contributed by atoms with Crippen molar-refractivity contribution in [2.45, 2.75) is 6.92 Å². The number of anilines is 2. The van der Waals surface area contributed by atoms with Gasteiger partial charge in [0.1, 0.15) is 5.82 Å². The number of nitrogens with zero attached hydrogens (tertiary/aromatic N) is 1. The summed E-state index contributed by atoms with van der Waals surface area (Å²) >= 11 is 9.37. The predicted molar refractivity (Wildman–Crippen MR) is 85.5 cm³/mol. The van der Waals surface area contributed by atoms with Crippen LogP contribution < -0.4 is 10.6 Å². The van der Waals surface area contributed by atoms with E-state index in [4.69, 9.17) is 11.6 Å². The standard InChI is InChI=1S/C14H13BrClN3O/c1-2-17-13-6-3-9(8-18-13)14(20)19-12-5-4-10(15)7-11(12)16/h3-8H,2H2,1H3,(H,17,18)(H,19,20). The number of hydrogen-bond acceptors (Lipinski definition) is 3. The van der Waals surface area contributed by atoms with Crippen LogP contribution in [0, 0.1) is 0 Å². The van der Waals surface area contributed by atoms with Crippen LogP contribution in [0.2, 0.25) is 5.02 Å². The van der Waals surface area contributed by atoms with E-state index in [0.717, 1.165) is 16.8 Å². The molecular formula is C14H13BrClN3O. The van der Waals surface area contributed by atoms with E-state index < -0.39 is 0 Å². The third-order valence-corrected chi connectivity index (χ3v) is 3.37. The van der Waals surface area contributed by atoms with E-state index in [1.54, 1.807) is 24.3 Å². The molecule has 2 N–H and O–H groups in total.